The number of rotatable bonds is 7. The van der Waals surface area contributed by atoms with Gasteiger partial charge in [-0.25, -0.2) is 9.37 Å². The third-order valence-electron chi connectivity index (χ3n) is 6.39. The van der Waals surface area contributed by atoms with Crippen molar-refractivity contribution in [3.63, 3.8) is 0 Å². The van der Waals surface area contributed by atoms with Crippen LogP contribution in [0.3, 0.4) is 0 Å². The van der Waals surface area contributed by atoms with Gasteiger partial charge in [-0.15, -0.1) is 0 Å². The van der Waals surface area contributed by atoms with Gasteiger partial charge in [0.05, 0.1) is 0 Å². The van der Waals surface area contributed by atoms with E-state index in [1.54, 1.807) is 20.0 Å². The summed E-state index contributed by atoms with van der Waals surface area (Å²) >= 11 is 0. The number of nitrogens with zero attached hydrogens (tertiary/aromatic N) is 2. The van der Waals surface area contributed by atoms with Crippen LogP contribution < -0.4 is 16.2 Å². The van der Waals surface area contributed by atoms with E-state index in [1.165, 1.54) is 17.7 Å². The first-order valence-electron chi connectivity index (χ1n) is 11.4. The molecule has 1 aliphatic rings. The van der Waals surface area contributed by atoms with E-state index >= 15 is 0 Å². The van der Waals surface area contributed by atoms with Gasteiger partial charge in [0.2, 0.25) is 0 Å². The van der Waals surface area contributed by atoms with Crippen molar-refractivity contribution in [2.75, 3.05) is 18.8 Å². The number of phenols is 1. The number of nitrogens with two attached hydrogens (primary N) is 2. The fourth-order valence-electron chi connectivity index (χ4n) is 4.39. The van der Waals surface area contributed by atoms with Gasteiger partial charge in [0.1, 0.15) is 17.7 Å². The molecule has 1 saturated heterocycles. The lowest BCUT2D eigenvalue weighted by Gasteiger charge is -2.21. The molecule has 0 radical (unpaired) electrons. The Morgan fingerprint density at radius 3 is 2.68 bits per heavy atom. The van der Waals surface area contributed by atoms with Crippen LogP contribution in [0.2, 0.25) is 0 Å². The van der Waals surface area contributed by atoms with E-state index in [-0.39, 0.29) is 17.6 Å². The fraction of sp³-hybridized carbons (Fsp3) is 0.296. The minimum Gasteiger partial charge on any atom is -0.508 e. The number of hydrogen-bond donors (Lipinski definition) is 3. The predicted molar refractivity (Wildman–Crippen MR) is 133 cm³/mol. The number of likely N-dealkylation sites (tertiary alicyclic amines) is 1. The second-order valence-corrected chi connectivity index (χ2v) is 8.91. The molecule has 1 aliphatic heterocycles. The number of aromatic nitrogens is 1. The number of hydrogen-bond acceptors (Lipinski definition) is 6. The Balaban J connectivity index is 1.50. The summed E-state index contributed by atoms with van der Waals surface area (Å²) < 4.78 is 20.0. The molecule has 0 spiro atoms. The smallest absolute Gasteiger partial charge is 0.166 e. The van der Waals surface area contributed by atoms with Crippen LogP contribution >= 0.6 is 0 Å². The minimum atomic E-state index is -0.623. The van der Waals surface area contributed by atoms with Gasteiger partial charge in [-0.1, -0.05) is 30.8 Å². The SMILES string of the molecule is C=C(Cc1ccc(-c2cnc(N)c(OC(C)c3c(O)ccc(F)c3C)c2)cc1)N1CCC(N)C1. The quantitative estimate of drug-likeness (QED) is 0.470. The van der Waals surface area contributed by atoms with E-state index in [9.17, 15) is 9.50 Å². The second kappa shape index (κ2) is 9.73. The molecule has 2 heterocycles. The Hall–Kier alpha value is -3.58. The zero-order valence-corrected chi connectivity index (χ0v) is 19.6. The van der Waals surface area contributed by atoms with Gasteiger partial charge in [0.25, 0.3) is 0 Å². The summed E-state index contributed by atoms with van der Waals surface area (Å²) in [5.74, 6) is 0.164. The third kappa shape index (κ3) is 4.99. The topological polar surface area (TPSA) is 97.6 Å². The first-order chi connectivity index (χ1) is 16.2. The van der Waals surface area contributed by atoms with Crippen molar-refractivity contribution in [3.8, 4) is 22.6 Å². The molecule has 4 rings (SSSR count). The molecular weight excluding hydrogens is 431 g/mol. The van der Waals surface area contributed by atoms with Crippen LogP contribution in [-0.2, 0) is 6.42 Å². The Kier molecular flexibility index (Phi) is 6.75. The van der Waals surface area contributed by atoms with Crippen LogP contribution in [0, 0.1) is 12.7 Å². The zero-order chi connectivity index (χ0) is 24.4. The Morgan fingerprint density at radius 2 is 2.00 bits per heavy atom. The van der Waals surface area contributed by atoms with Crippen LogP contribution in [0.25, 0.3) is 11.1 Å². The van der Waals surface area contributed by atoms with Crippen LogP contribution in [0.15, 0.2) is 60.9 Å². The lowest BCUT2D eigenvalue weighted by Crippen LogP contribution is -2.26. The molecule has 3 aromatic rings. The van der Waals surface area contributed by atoms with Crippen molar-refractivity contribution in [2.45, 2.75) is 38.8 Å². The molecule has 1 aromatic heterocycles. The lowest BCUT2D eigenvalue weighted by atomic mass is 10.0. The average molecular weight is 463 g/mol. The maximum absolute atomic E-state index is 14.0. The molecule has 0 saturated carbocycles. The van der Waals surface area contributed by atoms with E-state index in [2.05, 4.69) is 28.6 Å². The number of allylic oxidation sites excluding steroid dienone is 1. The number of benzene rings is 2. The number of phenolic OH excluding ortho intramolecular Hbond substituents is 1. The monoisotopic (exact) mass is 462 g/mol. The molecule has 5 N–H and O–H groups in total. The molecule has 1 fully saturated rings. The Morgan fingerprint density at radius 1 is 1.26 bits per heavy atom. The molecule has 0 aliphatic carbocycles. The summed E-state index contributed by atoms with van der Waals surface area (Å²) in [7, 11) is 0. The normalized spacial score (nSPS) is 16.5. The number of ether oxygens (including phenoxy) is 1. The standard InChI is InChI=1S/C27H31FN4O2/c1-16(32-11-10-22(29)15-32)12-19-4-6-20(7-5-19)21-13-25(27(30)31-14-21)34-18(3)26-17(2)23(28)8-9-24(26)33/h4-9,13-14,18,22,33H,1,10-12,15,29H2,2-3H3,(H2,30,31). The van der Waals surface area contributed by atoms with Gasteiger partial charge in [0, 0.05) is 48.6 Å². The number of aromatic hydroxyl groups is 1. The van der Waals surface area contributed by atoms with Crippen molar-refractivity contribution < 1.29 is 14.2 Å². The highest BCUT2D eigenvalue weighted by Crippen LogP contribution is 2.35. The molecule has 0 amide bonds. The van der Waals surface area contributed by atoms with Crippen LogP contribution in [0.4, 0.5) is 10.2 Å². The molecule has 2 atom stereocenters. The zero-order valence-electron chi connectivity index (χ0n) is 19.6. The molecule has 7 heteroatoms. The molecular formula is C27H31FN4O2. The van der Waals surface area contributed by atoms with Gasteiger partial charge in [-0.2, -0.15) is 0 Å². The third-order valence-corrected chi connectivity index (χ3v) is 6.39. The van der Waals surface area contributed by atoms with Gasteiger partial charge in [0.15, 0.2) is 11.6 Å². The van der Waals surface area contributed by atoms with Gasteiger partial charge < -0.3 is 26.2 Å². The predicted octanol–water partition coefficient (Wildman–Crippen LogP) is 4.71. The van der Waals surface area contributed by atoms with E-state index in [0.29, 0.717) is 16.9 Å². The summed E-state index contributed by atoms with van der Waals surface area (Å²) in [5, 5.41) is 10.2. The van der Waals surface area contributed by atoms with Crippen molar-refractivity contribution in [2.24, 2.45) is 5.73 Å². The summed E-state index contributed by atoms with van der Waals surface area (Å²) in [5.41, 5.74) is 16.8. The Bertz CT molecular complexity index is 1200. The van der Waals surface area contributed by atoms with Gasteiger partial charge >= 0.3 is 0 Å². The minimum absolute atomic E-state index is 0.0258. The van der Waals surface area contributed by atoms with Crippen LogP contribution in [-0.4, -0.2) is 34.1 Å². The Labute approximate surface area is 199 Å². The molecule has 0 bridgehead atoms. The van der Waals surface area contributed by atoms with Crippen molar-refractivity contribution in [3.05, 3.63) is 83.4 Å². The number of pyridine rings is 1. The fourth-order valence-corrected chi connectivity index (χ4v) is 4.39. The molecule has 2 unspecified atom stereocenters. The number of anilines is 1. The first kappa shape index (κ1) is 23.6. The van der Waals surface area contributed by atoms with Crippen molar-refractivity contribution in [1.82, 2.24) is 9.88 Å². The van der Waals surface area contributed by atoms with Gasteiger partial charge in [-0.3, -0.25) is 0 Å². The van der Waals surface area contributed by atoms with Crippen molar-refractivity contribution >= 4 is 5.82 Å². The van der Waals surface area contributed by atoms with Crippen molar-refractivity contribution in [1.29, 1.82) is 0 Å². The summed E-state index contributed by atoms with van der Waals surface area (Å²) in [4.78, 5) is 6.53. The second-order valence-electron chi connectivity index (χ2n) is 8.91. The van der Waals surface area contributed by atoms with E-state index in [4.69, 9.17) is 16.2 Å². The van der Waals surface area contributed by atoms with Crippen LogP contribution in [0.5, 0.6) is 11.5 Å². The average Bonchev–Trinajstić information content (AvgIpc) is 3.25. The highest BCUT2D eigenvalue weighted by atomic mass is 19.1. The molecule has 6 nitrogen and oxygen atoms in total. The summed E-state index contributed by atoms with van der Waals surface area (Å²) in [6.45, 7) is 9.40. The van der Waals surface area contributed by atoms with E-state index < -0.39 is 11.9 Å². The highest BCUT2D eigenvalue weighted by Gasteiger charge is 2.21. The van der Waals surface area contributed by atoms with Crippen LogP contribution in [0.1, 0.15) is 36.1 Å². The molecule has 34 heavy (non-hydrogen) atoms. The van der Waals surface area contributed by atoms with Gasteiger partial charge in [-0.05, 0) is 55.2 Å². The highest BCUT2D eigenvalue weighted by molar-refractivity contribution is 5.67. The first-order valence-corrected chi connectivity index (χ1v) is 11.4. The maximum atomic E-state index is 14.0. The number of nitrogen functional groups attached to an aromatic ring is 1. The molecule has 2 aromatic carbocycles. The summed E-state index contributed by atoms with van der Waals surface area (Å²) in [6.07, 6.45) is 2.85. The van der Waals surface area contributed by atoms with E-state index in [0.717, 1.165) is 42.8 Å². The largest absolute Gasteiger partial charge is 0.508 e. The lowest BCUT2D eigenvalue weighted by molar-refractivity contribution is 0.221. The number of halogens is 1. The van der Waals surface area contributed by atoms with E-state index in [1.807, 2.05) is 18.2 Å². The summed E-state index contributed by atoms with van der Waals surface area (Å²) in [6, 6.07) is 12.8. The maximum Gasteiger partial charge on any atom is 0.166 e. The molecule has 178 valence electrons.